The van der Waals surface area contributed by atoms with Crippen LogP contribution in [0.5, 0.6) is 0 Å². The third-order valence-electron chi connectivity index (χ3n) is 2.57. The Hall–Kier alpha value is -1.67. The highest BCUT2D eigenvalue weighted by Gasteiger charge is 2.27. The van der Waals surface area contributed by atoms with Gasteiger partial charge in [0.25, 0.3) is 5.91 Å². The smallest absolute Gasteiger partial charge is 0.306 e. The van der Waals surface area contributed by atoms with Gasteiger partial charge in [-0.15, -0.1) is 11.3 Å². The van der Waals surface area contributed by atoms with Gasteiger partial charge in [-0.1, -0.05) is 0 Å². The molecule has 7 nitrogen and oxygen atoms in total. The minimum Gasteiger partial charge on any atom is -0.481 e. The van der Waals surface area contributed by atoms with Crippen LogP contribution in [0.1, 0.15) is 16.9 Å². The molecule has 0 saturated carbocycles. The van der Waals surface area contributed by atoms with Gasteiger partial charge in [0.2, 0.25) is 0 Å². The zero-order valence-corrected chi connectivity index (χ0v) is 10.4. The van der Waals surface area contributed by atoms with E-state index in [0.29, 0.717) is 24.0 Å². The van der Waals surface area contributed by atoms with E-state index in [-0.39, 0.29) is 18.9 Å². The summed E-state index contributed by atoms with van der Waals surface area (Å²) in [5, 5.41) is 10.6. The molecular formula is C10H13N3O4S. The second-order valence-corrected chi connectivity index (χ2v) is 4.80. The van der Waals surface area contributed by atoms with Crippen LogP contribution in [-0.2, 0) is 9.53 Å². The first kappa shape index (κ1) is 12.8. The second-order valence-electron chi connectivity index (χ2n) is 3.91. The lowest BCUT2D eigenvalue weighted by Gasteiger charge is -2.31. The van der Waals surface area contributed by atoms with Crippen molar-refractivity contribution >= 4 is 28.3 Å². The van der Waals surface area contributed by atoms with Crippen LogP contribution in [0.3, 0.4) is 0 Å². The molecule has 1 aliphatic rings. The molecule has 1 amide bonds. The zero-order valence-electron chi connectivity index (χ0n) is 9.54. The fourth-order valence-electron chi connectivity index (χ4n) is 1.77. The molecule has 1 unspecified atom stereocenters. The van der Waals surface area contributed by atoms with Crippen LogP contribution in [-0.4, -0.2) is 52.7 Å². The van der Waals surface area contributed by atoms with Gasteiger partial charge >= 0.3 is 5.97 Å². The van der Waals surface area contributed by atoms with Crippen LogP contribution in [0.4, 0.5) is 5.13 Å². The van der Waals surface area contributed by atoms with Crippen molar-refractivity contribution in [1.29, 1.82) is 0 Å². The highest BCUT2D eigenvalue weighted by atomic mass is 32.1. The van der Waals surface area contributed by atoms with Gasteiger partial charge in [0.05, 0.1) is 19.1 Å². The van der Waals surface area contributed by atoms with Gasteiger partial charge in [0, 0.05) is 18.5 Å². The molecule has 3 N–H and O–H groups in total. The summed E-state index contributed by atoms with van der Waals surface area (Å²) in [4.78, 5) is 28.1. The number of nitrogens with zero attached hydrogens (tertiary/aromatic N) is 2. The Kier molecular flexibility index (Phi) is 3.78. The van der Waals surface area contributed by atoms with Crippen LogP contribution in [0, 0.1) is 0 Å². The monoisotopic (exact) mass is 271 g/mol. The normalized spacial score (nSPS) is 19.8. The van der Waals surface area contributed by atoms with E-state index in [1.54, 1.807) is 10.3 Å². The van der Waals surface area contributed by atoms with Crippen LogP contribution in [0.25, 0.3) is 0 Å². The quantitative estimate of drug-likeness (QED) is 0.804. The van der Waals surface area contributed by atoms with Crippen LogP contribution in [0.2, 0.25) is 0 Å². The first-order chi connectivity index (χ1) is 8.56. The van der Waals surface area contributed by atoms with E-state index in [1.807, 2.05) is 0 Å². The van der Waals surface area contributed by atoms with Crippen molar-refractivity contribution in [1.82, 2.24) is 9.88 Å². The first-order valence-corrected chi connectivity index (χ1v) is 6.28. The minimum absolute atomic E-state index is 0.108. The molecule has 2 rings (SSSR count). The number of ether oxygens (including phenoxy) is 1. The number of carbonyl (C=O) groups excluding carboxylic acids is 1. The maximum absolute atomic E-state index is 12.1. The maximum atomic E-state index is 12.1. The SMILES string of the molecule is Nc1nc(C(=O)N2CCOC(CC(=O)O)C2)cs1. The number of thiazole rings is 1. The second kappa shape index (κ2) is 5.32. The lowest BCUT2D eigenvalue weighted by Crippen LogP contribution is -2.46. The van der Waals surface area contributed by atoms with Gasteiger partial charge < -0.3 is 20.5 Å². The standard InChI is InChI=1S/C10H13N3O4S/c11-10-12-7(5-18-10)9(16)13-1-2-17-6(4-13)3-8(14)15/h5-6H,1-4H2,(H2,11,12)(H,14,15). The molecule has 18 heavy (non-hydrogen) atoms. The van der Waals surface area contributed by atoms with Gasteiger partial charge in [-0.3, -0.25) is 9.59 Å². The van der Waals surface area contributed by atoms with E-state index in [1.165, 1.54) is 11.3 Å². The van der Waals surface area contributed by atoms with Gasteiger partial charge in [0.1, 0.15) is 5.69 Å². The van der Waals surface area contributed by atoms with Gasteiger partial charge in [-0.25, -0.2) is 4.98 Å². The number of morpholine rings is 1. The van der Waals surface area contributed by atoms with Crippen molar-refractivity contribution in [2.75, 3.05) is 25.4 Å². The van der Waals surface area contributed by atoms with Crippen LogP contribution >= 0.6 is 11.3 Å². The summed E-state index contributed by atoms with van der Waals surface area (Å²) in [6, 6.07) is 0. The number of nitrogens with two attached hydrogens (primary N) is 1. The average Bonchev–Trinajstić information content (AvgIpc) is 2.74. The summed E-state index contributed by atoms with van der Waals surface area (Å²) in [7, 11) is 0. The summed E-state index contributed by atoms with van der Waals surface area (Å²) in [6.45, 7) is 1.04. The van der Waals surface area contributed by atoms with Crippen molar-refractivity contribution < 1.29 is 19.4 Å². The van der Waals surface area contributed by atoms with Crippen molar-refractivity contribution in [3.63, 3.8) is 0 Å². The molecule has 1 atom stereocenters. The number of hydrogen-bond donors (Lipinski definition) is 2. The topological polar surface area (TPSA) is 106 Å². The van der Waals surface area contributed by atoms with E-state index in [0.717, 1.165) is 0 Å². The van der Waals surface area contributed by atoms with Gasteiger partial charge in [0.15, 0.2) is 5.13 Å². The van der Waals surface area contributed by atoms with Crippen molar-refractivity contribution in [3.8, 4) is 0 Å². The number of anilines is 1. The van der Waals surface area contributed by atoms with Crippen molar-refractivity contribution in [3.05, 3.63) is 11.1 Å². The molecule has 0 radical (unpaired) electrons. The van der Waals surface area contributed by atoms with E-state index >= 15 is 0 Å². The average molecular weight is 271 g/mol. The van der Waals surface area contributed by atoms with Crippen LogP contribution < -0.4 is 5.73 Å². The highest BCUT2D eigenvalue weighted by Crippen LogP contribution is 2.16. The Morgan fingerprint density at radius 1 is 1.67 bits per heavy atom. The predicted octanol–water partition coefficient (Wildman–Crippen LogP) is 0.0410. The van der Waals surface area contributed by atoms with Crippen molar-refractivity contribution in [2.45, 2.75) is 12.5 Å². The van der Waals surface area contributed by atoms with Crippen molar-refractivity contribution in [2.24, 2.45) is 0 Å². The molecule has 1 aromatic rings. The molecule has 1 saturated heterocycles. The largest absolute Gasteiger partial charge is 0.481 e. The van der Waals surface area contributed by atoms with Gasteiger partial charge in [-0.05, 0) is 0 Å². The number of amides is 1. The summed E-state index contributed by atoms with van der Waals surface area (Å²) in [5.41, 5.74) is 5.77. The Morgan fingerprint density at radius 2 is 2.44 bits per heavy atom. The van der Waals surface area contributed by atoms with E-state index in [2.05, 4.69) is 4.98 Å². The third-order valence-corrected chi connectivity index (χ3v) is 3.24. The number of aromatic nitrogens is 1. The third kappa shape index (κ3) is 2.96. The number of carboxylic acids is 1. The Balaban J connectivity index is 2.00. The number of hydrogen-bond acceptors (Lipinski definition) is 6. The molecule has 8 heteroatoms. The van der Waals surface area contributed by atoms with E-state index < -0.39 is 12.1 Å². The summed E-state index contributed by atoms with van der Waals surface area (Å²) < 4.78 is 5.29. The molecule has 1 fully saturated rings. The number of carboxylic acid groups (broad SMARTS) is 1. The molecule has 2 heterocycles. The Labute approximate surface area is 107 Å². The highest BCUT2D eigenvalue weighted by molar-refractivity contribution is 7.13. The molecular weight excluding hydrogens is 258 g/mol. The lowest BCUT2D eigenvalue weighted by atomic mass is 10.2. The molecule has 0 aliphatic carbocycles. The number of nitrogen functional groups attached to an aromatic ring is 1. The molecule has 1 aromatic heterocycles. The molecule has 0 spiro atoms. The fraction of sp³-hybridized carbons (Fsp3) is 0.500. The number of carbonyl (C=O) groups is 2. The van der Waals surface area contributed by atoms with E-state index in [9.17, 15) is 9.59 Å². The van der Waals surface area contributed by atoms with Gasteiger partial charge in [-0.2, -0.15) is 0 Å². The molecule has 0 bridgehead atoms. The molecule has 1 aliphatic heterocycles. The predicted molar refractivity (Wildman–Crippen MR) is 64.4 cm³/mol. The maximum Gasteiger partial charge on any atom is 0.306 e. The van der Waals surface area contributed by atoms with Crippen LogP contribution in [0.15, 0.2) is 5.38 Å². The number of rotatable bonds is 3. The zero-order chi connectivity index (χ0) is 13.1. The summed E-state index contributed by atoms with van der Waals surface area (Å²) in [5.74, 6) is -1.17. The Bertz CT molecular complexity index is 462. The summed E-state index contributed by atoms with van der Waals surface area (Å²) in [6.07, 6.45) is -0.570. The summed E-state index contributed by atoms with van der Waals surface area (Å²) >= 11 is 1.20. The Morgan fingerprint density at radius 3 is 3.06 bits per heavy atom. The number of aliphatic carboxylic acids is 1. The molecule has 98 valence electrons. The molecule has 0 aromatic carbocycles. The first-order valence-electron chi connectivity index (χ1n) is 5.40. The fourth-order valence-corrected chi connectivity index (χ4v) is 2.31. The minimum atomic E-state index is -0.938. The lowest BCUT2D eigenvalue weighted by molar-refractivity contribution is -0.141. The van der Waals surface area contributed by atoms with E-state index in [4.69, 9.17) is 15.6 Å².